The third kappa shape index (κ3) is 5.56. The number of carbonyl (C=O) groups excluding carboxylic acids is 1. The van der Waals surface area contributed by atoms with E-state index in [4.69, 9.17) is 11.6 Å². The van der Waals surface area contributed by atoms with Crippen molar-refractivity contribution in [3.05, 3.63) is 0 Å². The van der Waals surface area contributed by atoms with Crippen LogP contribution in [-0.4, -0.2) is 32.5 Å². The summed E-state index contributed by atoms with van der Waals surface area (Å²) in [6.45, 7) is 5.32. The highest BCUT2D eigenvalue weighted by molar-refractivity contribution is 7.88. The summed E-state index contributed by atoms with van der Waals surface area (Å²) in [5, 5.41) is 0. The Bertz CT molecular complexity index is 333. The molecular formula is C9H19ClN2O4S. The lowest BCUT2D eigenvalue weighted by Crippen LogP contribution is -2.54. The van der Waals surface area contributed by atoms with E-state index < -0.39 is 21.8 Å². The summed E-state index contributed by atoms with van der Waals surface area (Å²) in [4.78, 5) is 11.0. The minimum Gasteiger partial charge on any atom is -0.449 e. The number of hydrogen-bond acceptors (Lipinski definition) is 4. The Kier molecular flexibility index (Phi) is 6.81. The summed E-state index contributed by atoms with van der Waals surface area (Å²) in [5.41, 5.74) is -0.750. The van der Waals surface area contributed by atoms with Crippen molar-refractivity contribution in [2.75, 3.05) is 12.5 Å². The van der Waals surface area contributed by atoms with E-state index in [1.807, 2.05) is 13.8 Å². The average Bonchev–Trinajstić information content (AvgIpc) is 2.25. The van der Waals surface area contributed by atoms with E-state index in [2.05, 4.69) is 9.46 Å². The van der Waals surface area contributed by atoms with Gasteiger partial charge in [-0.1, -0.05) is 13.8 Å². The predicted octanol–water partition coefficient (Wildman–Crippen LogP) is 1.36. The molecule has 8 heteroatoms. The van der Waals surface area contributed by atoms with Gasteiger partial charge in [0.15, 0.2) is 0 Å². The Morgan fingerprint density at radius 1 is 1.29 bits per heavy atom. The van der Waals surface area contributed by atoms with E-state index in [1.54, 1.807) is 11.6 Å². The van der Waals surface area contributed by atoms with Crippen LogP contribution in [0.15, 0.2) is 0 Å². The van der Waals surface area contributed by atoms with E-state index in [1.165, 1.54) is 0 Å². The van der Waals surface area contributed by atoms with Gasteiger partial charge >= 0.3 is 16.3 Å². The Hall–Kier alpha value is -0.530. The van der Waals surface area contributed by atoms with Gasteiger partial charge in [-0.2, -0.15) is 13.1 Å². The first kappa shape index (κ1) is 16.5. The van der Waals surface area contributed by atoms with Crippen molar-refractivity contribution >= 4 is 27.9 Å². The van der Waals surface area contributed by atoms with E-state index >= 15 is 0 Å². The zero-order chi connectivity index (χ0) is 13.5. The number of hydrogen-bond donors (Lipinski definition) is 2. The fraction of sp³-hybridized carbons (Fsp3) is 0.889. The van der Waals surface area contributed by atoms with Crippen LogP contribution >= 0.6 is 11.6 Å². The first-order chi connectivity index (χ1) is 7.84. The number of nitrogens with one attached hydrogen (secondary N) is 2. The molecule has 0 aliphatic heterocycles. The van der Waals surface area contributed by atoms with Crippen LogP contribution in [0, 0.1) is 0 Å². The fourth-order valence-corrected chi connectivity index (χ4v) is 2.98. The normalized spacial score (nSPS) is 12.2. The number of halogens is 1. The van der Waals surface area contributed by atoms with Crippen molar-refractivity contribution in [1.82, 2.24) is 9.44 Å². The van der Waals surface area contributed by atoms with Gasteiger partial charge in [-0.25, -0.2) is 9.52 Å². The first-order valence-corrected chi connectivity index (χ1v) is 7.41. The van der Waals surface area contributed by atoms with E-state index in [0.29, 0.717) is 12.8 Å². The highest BCUT2D eigenvalue weighted by Gasteiger charge is 2.31. The van der Waals surface area contributed by atoms with Crippen molar-refractivity contribution < 1.29 is 17.9 Å². The van der Waals surface area contributed by atoms with Crippen molar-refractivity contribution in [1.29, 1.82) is 0 Å². The van der Waals surface area contributed by atoms with Crippen LogP contribution in [0.3, 0.4) is 0 Å². The molecule has 102 valence electrons. The smallest absolute Gasteiger partial charge is 0.421 e. The molecular weight excluding hydrogens is 268 g/mol. The van der Waals surface area contributed by atoms with Crippen LogP contribution in [0.5, 0.6) is 0 Å². The Morgan fingerprint density at radius 2 is 1.82 bits per heavy atom. The second kappa shape index (κ2) is 7.03. The van der Waals surface area contributed by atoms with Crippen molar-refractivity contribution in [2.24, 2.45) is 0 Å². The fourth-order valence-electron chi connectivity index (χ4n) is 1.19. The molecule has 0 aliphatic carbocycles. The Labute approximate surface area is 107 Å². The van der Waals surface area contributed by atoms with Gasteiger partial charge in [-0.15, -0.1) is 11.6 Å². The number of amides is 1. The first-order valence-electron chi connectivity index (χ1n) is 5.39. The second-order valence-electron chi connectivity index (χ2n) is 3.55. The molecule has 0 aromatic rings. The predicted molar refractivity (Wildman–Crippen MR) is 66.2 cm³/mol. The van der Waals surface area contributed by atoms with Gasteiger partial charge < -0.3 is 4.74 Å². The topological polar surface area (TPSA) is 84.5 Å². The molecule has 17 heavy (non-hydrogen) atoms. The van der Waals surface area contributed by atoms with Crippen LogP contribution in [0.4, 0.5) is 4.79 Å². The van der Waals surface area contributed by atoms with Gasteiger partial charge in [0.05, 0.1) is 6.61 Å². The summed E-state index contributed by atoms with van der Waals surface area (Å²) < 4.78 is 31.9. The molecule has 0 heterocycles. The van der Waals surface area contributed by atoms with Gasteiger partial charge in [0, 0.05) is 11.4 Å². The van der Waals surface area contributed by atoms with E-state index in [9.17, 15) is 13.2 Å². The van der Waals surface area contributed by atoms with E-state index in [0.717, 1.165) is 0 Å². The summed E-state index contributed by atoms with van der Waals surface area (Å²) in [6, 6.07) is 0. The van der Waals surface area contributed by atoms with Gasteiger partial charge in [-0.05, 0) is 19.8 Å². The van der Waals surface area contributed by atoms with Gasteiger partial charge in [0.1, 0.15) is 0 Å². The van der Waals surface area contributed by atoms with Crippen LogP contribution < -0.4 is 9.44 Å². The van der Waals surface area contributed by atoms with E-state index in [-0.39, 0.29) is 12.5 Å². The maximum atomic E-state index is 11.6. The third-order valence-corrected chi connectivity index (χ3v) is 4.10. The summed E-state index contributed by atoms with van der Waals surface area (Å²) >= 11 is 5.76. The van der Waals surface area contributed by atoms with Crippen molar-refractivity contribution in [3.8, 4) is 0 Å². The van der Waals surface area contributed by atoms with Crippen molar-refractivity contribution in [2.45, 2.75) is 39.2 Å². The summed E-state index contributed by atoms with van der Waals surface area (Å²) in [6.07, 6.45) is 0.0451. The summed E-state index contributed by atoms with van der Waals surface area (Å²) in [7, 11) is -3.96. The van der Waals surface area contributed by atoms with Crippen molar-refractivity contribution in [3.63, 3.8) is 0 Å². The second-order valence-corrected chi connectivity index (χ2v) is 5.23. The maximum Gasteiger partial charge on any atom is 0.421 e. The van der Waals surface area contributed by atoms with Crippen LogP contribution in [0.1, 0.15) is 33.6 Å². The quantitative estimate of drug-likeness (QED) is 0.692. The molecule has 0 aliphatic rings. The Morgan fingerprint density at radius 3 is 2.18 bits per heavy atom. The molecule has 0 radical (unpaired) electrons. The summed E-state index contributed by atoms with van der Waals surface area (Å²) in [5.74, 6) is 0.129. The van der Waals surface area contributed by atoms with Crippen LogP contribution in [0.2, 0.25) is 0 Å². The molecule has 0 aromatic heterocycles. The zero-order valence-corrected chi connectivity index (χ0v) is 11.8. The maximum absolute atomic E-state index is 11.6. The molecule has 0 bridgehead atoms. The molecule has 0 rings (SSSR count). The lowest BCUT2D eigenvalue weighted by atomic mass is 9.97. The molecule has 0 atom stereocenters. The largest absolute Gasteiger partial charge is 0.449 e. The number of rotatable bonds is 7. The highest BCUT2D eigenvalue weighted by Crippen LogP contribution is 2.17. The molecule has 0 aromatic carbocycles. The molecule has 0 fully saturated rings. The molecule has 2 N–H and O–H groups in total. The molecule has 0 unspecified atom stereocenters. The number of carbonyl (C=O) groups is 1. The van der Waals surface area contributed by atoms with Gasteiger partial charge in [0.25, 0.3) is 0 Å². The Balaban J connectivity index is 4.68. The molecule has 0 spiro atoms. The average molecular weight is 287 g/mol. The minimum atomic E-state index is -3.96. The monoisotopic (exact) mass is 286 g/mol. The molecule has 6 nitrogen and oxygen atoms in total. The standard InChI is InChI=1S/C9H19ClN2O4S/c1-4-9(5-2,7-10)12-17(14,15)11-8(13)16-6-3/h12H,4-7H2,1-3H3,(H,11,13). The van der Waals surface area contributed by atoms with Crippen LogP contribution in [0.25, 0.3) is 0 Å². The third-order valence-electron chi connectivity index (χ3n) is 2.45. The number of alkyl halides is 1. The van der Waals surface area contributed by atoms with Gasteiger partial charge in [-0.3, -0.25) is 0 Å². The minimum absolute atomic E-state index is 0.101. The highest BCUT2D eigenvalue weighted by atomic mass is 35.5. The lowest BCUT2D eigenvalue weighted by Gasteiger charge is -2.29. The molecule has 0 saturated carbocycles. The molecule has 0 saturated heterocycles. The number of ether oxygens (including phenoxy) is 1. The van der Waals surface area contributed by atoms with Crippen LogP contribution in [-0.2, 0) is 14.9 Å². The molecule has 1 amide bonds. The lowest BCUT2D eigenvalue weighted by molar-refractivity contribution is 0.158. The SMILES string of the molecule is CCOC(=O)NS(=O)(=O)NC(CC)(CC)CCl. The zero-order valence-electron chi connectivity index (χ0n) is 10.2. The van der Waals surface area contributed by atoms with Gasteiger partial charge in [0.2, 0.25) is 0 Å².